The summed E-state index contributed by atoms with van der Waals surface area (Å²) in [7, 11) is 6.03. The van der Waals surface area contributed by atoms with Crippen molar-refractivity contribution in [2.24, 2.45) is 0 Å². The molecule has 0 bridgehead atoms. The zero-order chi connectivity index (χ0) is 13.7. The zero-order valence-corrected chi connectivity index (χ0v) is 11.7. The fourth-order valence-electron chi connectivity index (χ4n) is 1.84. The van der Waals surface area contributed by atoms with Crippen molar-refractivity contribution >= 4 is 23.5 Å². The van der Waals surface area contributed by atoms with Gasteiger partial charge < -0.3 is 10.2 Å². The Morgan fingerprint density at radius 1 is 0.789 bits per heavy atom. The van der Waals surface area contributed by atoms with Crippen LogP contribution in [0.2, 0.25) is 0 Å². The second-order valence-electron chi connectivity index (χ2n) is 4.69. The number of anilines is 2. The molecule has 0 heterocycles. The van der Waals surface area contributed by atoms with Crippen LogP contribution in [0.3, 0.4) is 0 Å². The van der Waals surface area contributed by atoms with E-state index in [-0.39, 0.29) is 0 Å². The van der Waals surface area contributed by atoms with Gasteiger partial charge in [-0.25, -0.2) is 0 Å². The van der Waals surface area contributed by atoms with Crippen LogP contribution in [-0.2, 0) is 0 Å². The minimum absolute atomic E-state index is 1.13. The summed E-state index contributed by atoms with van der Waals surface area (Å²) in [5, 5.41) is 3.12. The zero-order valence-electron chi connectivity index (χ0n) is 11.7. The van der Waals surface area contributed by atoms with Gasteiger partial charge in [-0.3, -0.25) is 0 Å². The third-order valence-corrected chi connectivity index (χ3v) is 3.08. The first-order chi connectivity index (χ1) is 9.19. The molecule has 2 rings (SSSR count). The van der Waals surface area contributed by atoms with E-state index in [0.717, 1.165) is 5.69 Å². The first-order valence-corrected chi connectivity index (χ1v) is 6.42. The maximum atomic E-state index is 3.12. The van der Waals surface area contributed by atoms with Gasteiger partial charge in [0.15, 0.2) is 0 Å². The van der Waals surface area contributed by atoms with Crippen LogP contribution in [0, 0.1) is 0 Å². The van der Waals surface area contributed by atoms with Gasteiger partial charge in [0.2, 0.25) is 0 Å². The monoisotopic (exact) mass is 252 g/mol. The molecule has 0 amide bonds. The van der Waals surface area contributed by atoms with Crippen molar-refractivity contribution in [2.45, 2.75) is 0 Å². The molecule has 0 aliphatic rings. The molecule has 2 nitrogen and oxygen atoms in total. The summed E-state index contributed by atoms with van der Waals surface area (Å²) < 4.78 is 0. The third kappa shape index (κ3) is 3.62. The van der Waals surface area contributed by atoms with E-state index in [4.69, 9.17) is 0 Å². The summed E-state index contributed by atoms with van der Waals surface area (Å²) in [6.07, 6.45) is 4.26. The van der Waals surface area contributed by atoms with E-state index in [1.807, 2.05) is 21.1 Å². The van der Waals surface area contributed by atoms with E-state index >= 15 is 0 Å². The maximum absolute atomic E-state index is 3.12. The number of nitrogens with zero attached hydrogens (tertiary/aromatic N) is 1. The van der Waals surface area contributed by atoms with Crippen molar-refractivity contribution < 1.29 is 0 Å². The number of hydrogen-bond donors (Lipinski definition) is 1. The van der Waals surface area contributed by atoms with Gasteiger partial charge in [0.1, 0.15) is 0 Å². The molecule has 0 radical (unpaired) electrons. The highest BCUT2D eigenvalue weighted by atomic mass is 15.1. The summed E-state index contributed by atoms with van der Waals surface area (Å²) in [6.45, 7) is 0. The Bertz CT molecular complexity index is 536. The lowest BCUT2D eigenvalue weighted by Crippen LogP contribution is -2.07. The van der Waals surface area contributed by atoms with Crippen molar-refractivity contribution in [2.75, 3.05) is 31.4 Å². The Balaban J connectivity index is 2.08. The molecule has 2 aromatic carbocycles. The van der Waals surface area contributed by atoms with Gasteiger partial charge in [-0.2, -0.15) is 0 Å². The molecule has 0 saturated carbocycles. The molecule has 0 aliphatic heterocycles. The average Bonchev–Trinajstić information content (AvgIpc) is 2.46. The first-order valence-electron chi connectivity index (χ1n) is 6.42. The Morgan fingerprint density at radius 2 is 1.26 bits per heavy atom. The molecular weight excluding hydrogens is 232 g/mol. The molecule has 0 unspecified atom stereocenters. The topological polar surface area (TPSA) is 15.3 Å². The smallest absolute Gasteiger partial charge is 0.0361 e. The van der Waals surface area contributed by atoms with Crippen molar-refractivity contribution in [1.29, 1.82) is 0 Å². The van der Waals surface area contributed by atoms with E-state index in [0.29, 0.717) is 0 Å². The second-order valence-corrected chi connectivity index (χ2v) is 4.69. The van der Waals surface area contributed by atoms with Crippen molar-refractivity contribution in [3.8, 4) is 0 Å². The fraction of sp³-hybridized carbons (Fsp3) is 0.176. The minimum atomic E-state index is 1.13. The standard InChI is InChI=1S/C17H20N2/c1-18-16-10-6-14(7-11-16)4-5-15-8-12-17(13-9-15)19(2)3/h4-13,18H,1-3H3. The van der Waals surface area contributed by atoms with Gasteiger partial charge in [0, 0.05) is 32.5 Å². The molecule has 0 saturated heterocycles. The summed E-state index contributed by atoms with van der Waals surface area (Å²) in [6, 6.07) is 16.9. The van der Waals surface area contributed by atoms with Gasteiger partial charge in [0.25, 0.3) is 0 Å². The van der Waals surface area contributed by atoms with Crippen molar-refractivity contribution in [3.05, 3.63) is 59.7 Å². The van der Waals surface area contributed by atoms with Crippen LogP contribution in [-0.4, -0.2) is 21.1 Å². The molecule has 2 heteroatoms. The van der Waals surface area contributed by atoms with Crippen molar-refractivity contribution in [1.82, 2.24) is 0 Å². The number of benzene rings is 2. The largest absolute Gasteiger partial charge is 0.388 e. The van der Waals surface area contributed by atoms with Crippen LogP contribution in [0.4, 0.5) is 11.4 Å². The molecular formula is C17H20N2. The van der Waals surface area contributed by atoms with Gasteiger partial charge >= 0.3 is 0 Å². The van der Waals surface area contributed by atoms with Crippen LogP contribution >= 0.6 is 0 Å². The van der Waals surface area contributed by atoms with Crippen LogP contribution in [0.25, 0.3) is 12.2 Å². The van der Waals surface area contributed by atoms with Gasteiger partial charge in [-0.15, -0.1) is 0 Å². The summed E-state index contributed by atoms with van der Waals surface area (Å²) in [5.74, 6) is 0. The summed E-state index contributed by atoms with van der Waals surface area (Å²) in [4.78, 5) is 2.10. The predicted octanol–water partition coefficient (Wildman–Crippen LogP) is 3.96. The van der Waals surface area contributed by atoms with Gasteiger partial charge in [0.05, 0.1) is 0 Å². The van der Waals surface area contributed by atoms with Crippen LogP contribution < -0.4 is 10.2 Å². The molecule has 0 aromatic heterocycles. The van der Waals surface area contributed by atoms with Crippen LogP contribution in [0.1, 0.15) is 11.1 Å². The molecule has 0 atom stereocenters. The highest BCUT2D eigenvalue weighted by Crippen LogP contribution is 2.15. The van der Waals surface area contributed by atoms with Crippen LogP contribution in [0.15, 0.2) is 48.5 Å². The molecule has 0 aliphatic carbocycles. The lowest BCUT2D eigenvalue weighted by atomic mass is 10.1. The fourth-order valence-corrected chi connectivity index (χ4v) is 1.84. The lowest BCUT2D eigenvalue weighted by molar-refractivity contribution is 1.13. The first kappa shape index (κ1) is 13.2. The molecule has 19 heavy (non-hydrogen) atoms. The second kappa shape index (κ2) is 6.10. The molecule has 0 spiro atoms. The molecule has 2 aromatic rings. The Labute approximate surface area is 115 Å². The van der Waals surface area contributed by atoms with Gasteiger partial charge in [-0.1, -0.05) is 36.4 Å². The molecule has 98 valence electrons. The van der Waals surface area contributed by atoms with E-state index in [1.165, 1.54) is 16.8 Å². The van der Waals surface area contributed by atoms with E-state index in [9.17, 15) is 0 Å². The number of hydrogen-bond acceptors (Lipinski definition) is 2. The highest BCUT2D eigenvalue weighted by molar-refractivity contribution is 5.71. The number of rotatable bonds is 4. The van der Waals surface area contributed by atoms with E-state index in [2.05, 4.69) is 70.9 Å². The predicted molar refractivity (Wildman–Crippen MR) is 85.7 cm³/mol. The number of nitrogens with one attached hydrogen (secondary N) is 1. The summed E-state index contributed by atoms with van der Waals surface area (Å²) in [5.41, 5.74) is 4.77. The van der Waals surface area contributed by atoms with Crippen LogP contribution in [0.5, 0.6) is 0 Å². The Morgan fingerprint density at radius 3 is 1.68 bits per heavy atom. The molecule has 1 N–H and O–H groups in total. The van der Waals surface area contributed by atoms with Crippen molar-refractivity contribution in [3.63, 3.8) is 0 Å². The van der Waals surface area contributed by atoms with E-state index in [1.54, 1.807) is 0 Å². The third-order valence-electron chi connectivity index (χ3n) is 3.08. The lowest BCUT2D eigenvalue weighted by Gasteiger charge is -2.11. The molecule has 0 fully saturated rings. The highest BCUT2D eigenvalue weighted by Gasteiger charge is 1.94. The van der Waals surface area contributed by atoms with Gasteiger partial charge in [-0.05, 0) is 35.4 Å². The average molecular weight is 252 g/mol. The minimum Gasteiger partial charge on any atom is -0.388 e. The Kier molecular flexibility index (Phi) is 4.24. The summed E-state index contributed by atoms with van der Waals surface area (Å²) >= 11 is 0. The Hall–Kier alpha value is -2.22. The maximum Gasteiger partial charge on any atom is 0.0361 e. The normalized spacial score (nSPS) is 10.7. The quantitative estimate of drug-likeness (QED) is 0.828. The van der Waals surface area contributed by atoms with E-state index < -0.39 is 0 Å². The SMILES string of the molecule is CNc1ccc(C=Cc2ccc(N(C)C)cc2)cc1.